The second-order valence-electron chi connectivity index (χ2n) is 4.42. The number of nitriles is 1. The van der Waals surface area contributed by atoms with Crippen LogP contribution in [0.1, 0.15) is 32.3 Å². The predicted octanol–water partition coefficient (Wildman–Crippen LogP) is 2.40. The summed E-state index contributed by atoms with van der Waals surface area (Å²) in [7, 11) is 0. The number of anilines is 1. The number of benzene rings is 1. The topological polar surface area (TPSA) is 105 Å². The summed E-state index contributed by atoms with van der Waals surface area (Å²) < 4.78 is 0. The van der Waals surface area contributed by atoms with Crippen LogP contribution in [0.4, 0.5) is 11.4 Å². The molecule has 102 valence electrons. The zero-order valence-electron chi connectivity index (χ0n) is 11.1. The van der Waals surface area contributed by atoms with Gasteiger partial charge in [-0.2, -0.15) is 5.26 Å². The molecule has 3 N–H and O–H groups in total. The second-order valence-corrected chi connectivity index (χ2v) is 4.42. The quantitative estimate of drug-likeness (QED) is 0.605. The number of rotatable bonds is 6. The number of hydrogen-bond acceptors (Lipinski definition) is 5. The highest BCUT2D eigenvalue weighted by molar-refractivity contribution is 5.59. The SMILES string of the molecule is CCC(CC)(CN)Nc1ccc([N+](=O)[O-])c(C#N)c1. The van der Waals surface area contributed by atoms with Crippen LogP contribution in [-0.4, -0.2) is 17.0 Å². The summed E-state index contributed by atoms with van der Waals surface area (Å²) in [5.41, 5.74) is 6.09. The molecule has 6 nitrogen and oxygen atoms in total. The van der Waals surface area contributed by atoms with E-state index < -0.39 is 4.92 Å². The van der Waals surface area contributed by atoms with Crippen molar-refractivity contribution in [3.8, 4) is 6.07 Å². The van der Waals surface area contributed by atoms with Crippen molar-refractivity contribution in [1.82, 2.24) is 0 Å². The van der Waals surface area contributed by atoms with Crippen molar-refractivity contribution in [3.63, 3.8) is 0 Å². The van der Waals surface area contributed by atoms with Crippen LogP contribution in [-0.2, 0) is 0 Å². The lowest BCUT2D eigenvalue weighted by Crippen LogP contribution is -2.44. The maximum Gasteiger partial charge on any atom is 0.287 e. The van der Waals surface area contributed by atoms with E-state index in [-0.39, 0.29) is 16.8 Å². The lowest BCUT2D eigenvalue weighted by atomic mass is 9.92. The van der Waals surface area contributed by atoms with Gasteiger partial charge in [0.25, 0.3) is 5.69 Å². The summed E-state index contributed by atoms with van der Waals surface area (Å²) in [5, 5.41) is 23.0. The summed E-state index contributed by atoms with van der Waals surface area (Å²) >= 11 is 0. The highest BCUT2D eigenvalue weighted by Gasteiger charge is 2.24. The molecule has 19 heavy (non-hydrogen) atoms. The van der Waals surface area contributed by atoms with Crippen molar-refractivity contribution >= 4 is 11.4 Å². The Labute approximate surface area is 112 Å². The molecule has 0 heterocycles. The molecule has 0 aromatic heterocycles. The second kappa shape index (κ2) is 6.16. The zero-order valence-corrected chi connectivity index (χ0v) is 11.1. The van der Waals surface area contributed by atoms with Gasteiger partial charge in [-0.05, 0) is 25.0 Å². The van der Waals surface area contributed by atoms with Gasteiger partial charge in [-0.3, -0.25) is 10.1 Å². The molecule has 6 heteroatoms. The fourth-order valence-corrected chi connectivity index (χ4v) is 1.94. The van der Waals surface area contributed by atoms with Gasteiger partial charge in [0.05, 0.1) is 4.92 Å². The molecule has 0 saturated carbocycles. The molecular formula is C13H18N4O2. The van der Waals surface area contributed by atoms with E-state index in [1.165, 1.54) is 12.1 Å². The molecule has 0 aliphatic heterocycles. The van der Waals surface area contributed by atoms with E-state index in [1.54, 1.807) is 6.07 Å². The van der Waals surface area contributed by atoms with Gasteiger partial charge in [-0.25, -0.2) is 0 Å². The van der Waals surface area contributed by atoms with Gasteiger partial charge >= 0.3 is 0 Å². The standard InChI is InChI=1S/C13H18N4O2/c1-3-13(4-2,9-15)16-11-5-6-12(17(18)19)10(7-11)8-14/h5-7,16H,3-4,9,15H2,1-2H3. The molecule has 0 radical (unpaired) electrons. The monoisotopic (exact) mass is 262 g/mol. The van der Waals surface area contributed by atoms with Crippen molar-refractivity contribution in [2.45, 2.75) is 32.2 Å². The summed E-state index contributed by atoms with van der Waals surface area (Å²) in [5.74, 6) is 0. The van der Waals surface area contributed by atoms with Gasteiger partial charge in [0.2, 0.25) is 0 Å². The summed E-state index contributed by atoms with van der Waals surface area (Å²) in [6.45, 7) is 4.51. The number of hydrogen-bond donors (Lipinski definition) is 2. The number of nitrogens with one attached hydrogen (secondary N) is 1. The molecule has 0 amide bonds. The van der Waals surface area contributed by atoms with E-state index in [4.69, 9.17) is 11.0 Å². The normalized spacial score (nSPS) is 10.8. The molecule has 1 aromatic carbocycles. The van der Waals surface area contributed by atoms with Crippen LogP contribution < -0.4 is 11.1 Å². The Bertz CT molecular complexity index is 496. The molecular weight excluding hydrogens is 244 g/mol. The Morgan fingerprint density at radius 1 is 1.47 bits per heavy atom. The number of nitrogens with zero attached hydrogens (tertiary/aromatic N) is 2. The molecule has 0 atom stereocenters. The van der Waals surface area contributed by atoms with E-state index in [0.29, 0.717) is 12.2 Å². The van der Waals surface area contributed by atoms with Gasteiger partial charge in [0, 0.05) is 23.8 Å². The maximum atomic E-state index is 10.8. The Kier molecular flexibility index (Phi) is 4.84. The van der Waals surface area contributed by atoms with Crippen LogP contribution in [0.5, 0.6) is 0 Å². The highest BCUT2D eigenvalue weighted by Crippen LogP contribution is 2.26. The van der Waals surface area contributed by atoms with Gasteiger partial charge in [0.15, 0.2) is 0 Å². The van der Waals surface area contributed by atoms with Crippen LogP contribution in [0.2, 0.25) is 0 Å². The average Bonchev–Trinajstić information content (AvgIpc) is 2.44. The third kappa shape index (κ3) is 3.20. The molecule has 0 aliphatic rings. The Balaban J connectivity index is 3.11. The number of nitro groups is 1. The average molecular weight is 262 g/mol. The van der Waals surface area contributed by atoms with Crippen molar-refractivity contribution in [2.24, 2.45) is 5.73 Å². The van der Waals surface area contributed by atoms with Gasteiger partial charge < -0.3 is 11.1 Å². The smallest absolute Gasteiger partial charge is 0.287 e. The molecule has 1 aromatic rings. The van der Waals surface area contributed by atoms with Crippen molar-refractivity contribution in [2.75, 3.05) is 11.9 Å². The van der Waals surface area contributed by atoms with Crippen molar-refractivity contribution < 1.29 is 4.92 Å². The van der Waals surface area contributed by atoms with Gasteiger partial charge in [-0.1, -0.05) is 13.8 Å². The van der Waals surface area contributed by atoms with E-state index in [0.717, 1.165) is 12.8 Å². The molecule has 0 fully saturated rings. The van der Waals surface area contributed by atoms with Crippen LogP contribution >= 0.6 is 0 Å². The van der Waals surface area contributed by atoms with E-state index in [2.05, 4.69) is 5.32 Å². The predicted molar refractivity (Wildman–Crippen MR) is 73.8 cm³/mol. The first-order valence-corrected chi connectivity index (χ1v) is 6.18. The Hall–Kier alpha value is -2.13. The lowest BCUT2D eigenvalue weighted by molar-refractivity contribution is -0.385. The van der Waals surface area contributed by atoms with Crippen LogP contribution in [0.15, 0.2) is 18.2 Å². The fourth-order valence-electron chi connectivity index (χ4n) is 1.94. The largest absolute Gasteiger partial charge is 0.378 e. The third-order valence-corrected chi connectivity index (χ3v) is 3.47. The lowest BCUT2D eigenvalue weighted by Gasteiger charge is -2.32. The summed E-state index contributed by atoms with van der Waals surface area (Å²) in [6, 6.07) is 6.28. The minimum atomic E-state index is -0.557. The number of nitro benzene ring substituents is 1. The molecule has 0 aliphatic carbocycles. The fraction of sp³-hybridized carbons (Fsp3) is 0.462. The van der Waals surface area contributed by atoms with Crippen LogP contribution in [0.25, 0.3) is 0 Å². The summed E-state index contributed by atoms with van der Waals surface area (Å²) in [4.78, 5) is 10.2. The zero-order chi connectivity index (χ0) is 14.5. The van der Waals surface area contributed by atoms with E-state index in [1.807, 2.05) is 19.9 Å². The molecule has 0 spiro atoms. The molecule has 0 saturated heterocycles. The molecule has 0 unspecified atom stereocenters. The molecule has 0 bridgehead atoms. The maximum absolute atomic E-state index is 10.8. The first-order valence-electron chi connectivity index (χ1n) is 6.18. The van der Waals surface area contributed by atoms with Gasteiger partial charge in [0.1, 0.15) is 11.6 Å². The third-order valence-electron chi connectivity index (χ3n) is 3.47. The minimum Gasteiger partial charge on any atom is -0.378 e. The van der Waals surface area contributed by atoms with Crippen LogP contribution in [0.3, 0.4) is 0 Å². The Morgan fingerprint density at radius 2 is 2.11 bits per heavy atom. The number of nitrogens with two attached hydrogens (primary N) is 1. The highest BCUT2D eigenvalue weighted by atomic mass is 16.6. The Morgan fingerprint density at radius 3 is 2.53 bits per heavy atom. The van der Waals surface area contributed by atoms with Gasteiger partial charge in [-0.15, -0.1) is 0 Å². The van der Waals surface area contributed by atoms with Crippen molar-refractivity contribution in [1.29, 1.82) is 5.26 Å². The minimum absolute atomic E-state index is 0.0492. The van der Waals surface area contributed by atoms with Crippen molar-refractivity contribution in [3.05, 3.63) is 33.9 Å². The first-order chi connectivity index (χ1) is 9.01. The first kappa shape index (κ1) is 14.9. The van der Waals surface area contributed by atoms with E-state index in [9.17, 15) is 10.1 Å². The van der Waals surface area contributed by atoms with Crippen LogP contribution in [0, 0.1) is 21.4 Å². The molecule has 1 rings (SSSR count). The van der Waals surface area contributed by atoms with E-state index >= 15 is 0 Å². The summed E-state index contributed by atoms with van der Waals surface area (Å²) in [6.07, 6.45) is 1.66.